The molecule has 5 atom stereocenters. The third kappa shape index (κ3) is 9.97. The highest BCUT2D eigenvalue weighted by atomic mass is 16.7. The van der Waals surface area contributed by atoms with E-state index in [-0.39, 0.29) is 19.0 Å². The van der Waals surface area contributed by atoms with Gasteiger partial charge in [-0.2, -0.15) is 0 Å². The molecule has 0 radical (unpaired) electrons. The van der Waals surface area contributed by atoms with Gasteiger partial charge in [0.15, 0.2) is 12.4 Å². The van der Waals surface area contributed by atoms with Gasteiger partial charge in [0.05, 0.1) is 18.6 Å². The summed E-state index contributed by atoms with van der Waals surface area (Å²) in [4.78, 5) is 47.0. The van der Waals surface area contributed by atoms with Gasteiger partial charge in [0.25, 0.3) is 0 Å². The van der Waals surface area contributed by atoms with E-state index in [0.717, 1.165) is 0 Å². The van der Waals surface area contributed by atoms with E-state index in [9.17, 15) is 19.2 Å². The predicted octanol–water partition coefficient (Wildman–Crippen LogP) is 2.94. The maximum atomic E-state index is 12.0. The zero-order valence-corrected chi connectivity index (χ0v) is 21.8. The molecule has 0 spiro atoms. The Morgan fingerprint density at radius 2 is 1.41 bits per heavy atom. The Balaban J connectivity index is 3.12. The first-order valence-corrected chi connectivity index (χ1v) is 11.5. The number of esters is 4. The van der Waals surface area contributed by atoms with Gasteiger partial charge in [0.1, 0.15) is 18.8 Å². The largest absolute Gasteiger partial charge is 0.466 e. The number of carbonyl (C=O) groups excluding carboxylic acids is 4. The van der Waals surface area contributed by atoms with Gasteiger partial charge in [0.2, 0.25) is 0 Å². The van der Waals surface area contributed by atoms with E-state index in [1.165, 1.54) is 20.8 Å². The van der Waals surface area contributed by atoms with Gasteiger partial charge in [-0.15, -0.1) is 0 Å². The van der Waals surface area contributed by atoms with E-state index in [4.69, 9.17) is 28.4 Å². The Bertz CT molecular complexity index is 729. The van der Waals surface area contributed by atoms with Crippen LogP contribution in [0.15, 0.2) is 0 Å². The highest BCUT2D eigenvalue weighted by Gasteiger charge is 2.50. The van der Waals surface area contributed by atoms with Crippen LogP contribution in [-0.2, 0) is 47.6 Å². The molecule has 1 heterocycles. The topological polar surface area (TPSA) is 124 Å². The number of ether oxygens (including phenoxy) is 6. The number of hydrogen-bond acceptors (Lipinski definition) is 10. The molecule has 0 aliphatic carbocycles. The third-order valence-electron chi connectivity index (χ3n) is 5.27. The highest BCUT2D eigenvalue weighted by Crippen LogP contribution is 2.38. The first-order valence-electron chi connectivity index (χ1n) is 11.5. The lowest BCUT2D eigenvalue weighted by Crippen LogP contribution is -2.59. The molecule has 1 aliphatic heterocycles. The van der Waals surface area contributed by atoms with Crippen molar-refractivity contribution in [1.82, 2.24) is 0 Å². The van der Waals surface area contributed by atoms with Gasteiger partial charge in [0, 0.05) is 26.7 Å². The lowest BCUT2D eigenvalue weighted by Gasteiger charge is -2.46. The van der Waals surface area contributed by atoms with Crippen LogP contribution in [0.25, 0.3) is 0 Å². The maximum absolute atomic E-state index is 12.0. The zero-order chi connectivity index (χ0) is 26.3. The predicted molar refractivity (Wildman–Crippen MR) is 120 cm³/mol. The van der Waals surface area contributed by atoms with Crippen molar-refractivity contribution in [2.24, 2.45) is 11.3 Å². The van der Waals surface area contributed by atoms with Crippen molar-refractivity contribution in [3.05, 3.63) is 0 Å². The van der Waals surface area contributed by atoms with Gasteiger partial charge in [-0.05, 0) is 32.6 Å². The Labute approximate surface area is 201 Å². The van der Waals surface area contributed by atoms with Crippen LogP contribution >= 0.6 is 0 Å². The fourth-order valence-corrected chi connectivity index (χ4v) is 4.38. The zero-order valence-electron chi connectivity index (χ0n) is 21.8. The monoisotopic (exact) mass is 488 g/mol. The number of carbonyl (C=O) groups is 4. The molecule has 0 aromatic rings. The van der Waals surface area contributed by atoms with Crippen molar-refractivity contribution in [1.29, 1.82) is 0 Å². The fourth-order valence-electron chi connectivity index (χ4n) is 4.38. The van der Waals surface area contributed by atoms with E-state index in [0.29, 0.717) is 13.0 Å². The molecular weight excluding hydrogens is 448 g/mol. The Morgan fingerprint density at radius 3 is 1.91 bits per heavy atom. The molecule has 0 N–H and O–H groups in total. The summed E-state index contributed by atoms with van der Waals surface area (Å²) in [5.41, 5.74) is -1.18. The minimum Gasteiger partial charge on any atom is -0.466 e. The molecule has 34 heavy (non-hydrogen) atoms. The van der Waals surface area contributed by atoms with Gasteiger partial charge in [-0.3, -0.25) is 19.2 Å². The normalized spacial score (nSPS) is 25.3. The minimum atomic E-state index is -0.987. The standard InChI is InChI=1S/C24H40O10/c1-10-29-19(28)11-23(6,7)13-24(8,9)34-22-14(2)20(31-16(4)26)21(32-17(5)27)18(33-22)12-30-15(3)25/h14,18,20-22H,10-13H2,1-9H3/t14?,18?,20?,21-,22-/m0/s1. The summed E-state index contributed by atoms with van der Waals surface area (Å²) in [6.45, 7) is 15.0. The molecule has 1 rings (SSSR count). The summed E-state index contributed by atoms with van der Waals surface area (Å²) in [5.74, 6) is -2.49. The van der Waals surface area contributed by atoms with Crippen LogP contribution in [0, 0.1) is 11.3 Å². The van der Waals surface area contributed by atoms with Crippen molar-refractivity contribution in [3.8, 4) is 0 Å². The molecule has 1 saturated heterocycles. The Hall–Kier alpha value is -2.20. The van der Waals surface area contributed by atoms with Crippen LogP contribution in [0.5, 0.6) is 0 Å². The summed E-state index contributed by atoms with van der Waals surface area (Å²) >= 11 is 0. The molecule has 0 bridgehead atoms. The van der Waals surface area contributed by atoms with Crippen LogP contribution in [0.1, 0.15) is 75.2 Å². The van der Waals surface area contributed by atoms with Crippen molar-refractivity contribution in [2.45, 2.75) is 105 Å². The van der Waals surface area contributed by atoms with Gasteiger partial charge in [-0.1, -0.05) is 20.8 Å². The highest BCUT2D eigenvalue weighted by molar-refractivity contribution is 5.70. The molecule has 0 saturated carbocycles. The van der Waals surface area contributed by atoms with E-state index in [2.05, 4.69) is 0 Å². The third-order valence-corrected chi connectivity index (χ3v) is 5.27. The average molecular weight is 489 g/mol. The minimum absolute atomic E-state index is 0.216. The SMILES string of the molecule is CCOC(=O)CC(C)(C)CC(C)(C)O[C@@H]1OC(COC(C)=O)[C@H](OC(C)=O)C(OC(C)=O)C1C. The lowest BCUT2D eigenvalue weighted by molar-refractivity contribution is -0.313. The van der Waals surface area contributed by atoms with Crippen LogP contribution in [0.4, 0.5) is 0 Å². The second-order valence-corrected chi connectivity index (χ2v) is 10.1. The van der Waals surface area contributed by atoms with Gasteiger partial charge in [-0.25, -0.2) is 0 Å². The summed E-state index contributed by atoms with van der Waals surface area (Å²) < 4.78 is 33.5. The van der Waals surface area contributed by atoms with Crippen molar-refractivity contribution in [3.63, 3.8) is 0 Å². The first-order chi connectivity index (χ1) is 15.6. The summed E-state index contributed by atoms with van der Waals surface area (Å²) in [6, 6.07) is 0. The van der Waals surface area contributed by atoms with Crippen LogP contribution in [0.3, 0.4) is 0 Å². The number of rotatable bonds is 11. The maximum Gasteiger partial charge on any atom is 0.306 e. The Morgan fingerprint density at radius 1 is 0.853 bits per heavy atom. The first kappa shape index (κ1) is 29.8. The van der Waals surface area contributed by atoms with Gasteiger partial charge >= 0.3 is 23.9 Å². The summed E-state index contributed by atoms with van der Waals surface area (Å²) in [5, 5.41) is 0. The molecule has 1 fully saturated rings. The molecule has 10 nitrogen and oxygen atoms in total. The van der Waals surface area contributed by atoms with E-state index >= 15 is 0 Å². The molecule has 1 aliphatic rings. The fraction of sp³-hybridized carbons (Fsp3) is 0.833. The number of hydrogen-bond donors (Lipinski definition) is 0. The van der Waals surface area contributed by atoms with Crippen molar-refractivity contribution in [2.75, 3.05) is 13.2 Å². The van der Waals surface area contributed by atoms with Gasteiger partial charge < -0.3 is 28.4 Å². The van der Waals surface area contributed by atoms with Crippen LogP contribution < -0.4 is 0 Å². The Kier molecular flexibility index (Phi) is 11.0. The van der Waals surface area contributed by atoms with E-state index in [1.54, 1.807) is 13.8 Å². The summed E-state index contributed by atoms with van der Waals surface area (Å²) in [7, 11) is 0. The summed E-state index contributed by atoms with van der Waals surface area (Å²) in [6.07, 6.45) is -2.95. The second kappa shape index (κ2) is 12.5. The van der Waals surface area contributed by atoms with Crippen LogP contribution in [0.2, 0.25) is 0 Å². The molecule has 0 aromatic heterocycles. The molecular formula is C24H40O10. The smallest absolute Gasteiger partial charge is 0.306 e. The lowest BCUT2D eigenvalue weighted by atomic mass is 9.79. The van der Waals surface area contributed by atoms with E-state index in [1.807, 2.05) is 27.7 Å². The molecule has 0 amide bonds. The molecule has 10 heteroatoms. The molecule has 0 aromatic carbocycles. The van der Waals surface area contributed by atoms with E-state index < -0.39 is 59.4 Å². The molecule has 3 unspecified atom stereocenters. The average Bonchev–Trinajstić information content (AvgIpc) is 2.63. The quantitative estimate of drug-likeness (QED) is 0.317. The van der Waals surface area contributed by atoms with Crippen molar-refractivity contribution >= 4 is 23.9 Å². The second-order valence-electron chi connectivity index (χ2n) is 10.1. The van der Waals surface area contributed by atoms with Crippen LogP contribution in [-0.4, -0.2) is 67.3 Å². The molecule has 196 valence electrons. The van der Waals surface area contributed by atoms with Crippen molar-refractivity contribution < 1.29 is 47.6 Å².